The summed E-state index contributed by atoms with van der Waals surface area (Å²) in [6, 6.07) is 0. The lowest BCUT2D eigenvalue weighted by atomic mass is 9.77. The highest BCUT2D eigenvalue weighted by atomic mass is 32.2. The lowest BCUT2D eigenvalue weighted by Crippen LogP contribution is -2.20. The minimum Gasteiger partial charge on any atom is -0.157 e. The first-order chi connectivity index (χ1) is 5.79. The molecule has 0 aromatic carbocycles. The fraction of sp³-hybridized carbons (Fsp3) is 0.818. The third-order valence-corrected chi connectivity index (χ3v) is 4.42. The average Bonchev–Trinajstić information content (AvgIpc) is 2.12. The first-order valence-corrected chi connectivity index (χ1v) is 6.24. The molecule has 68 valence electrons. The molecule has 0 bridgehead atoms. The second-order valence-corrected chi connectivity index (χ2v) is 5.34. The molecule has 1 aliphatic carbocycles. The van der Waals surface area contributed by atoms with Crippen molar-refractivity contribution in [3.8, 4) is 0 Å². The van der Waals surface area contributed by atoms with Crippen LogP contribution in [0.4, 0.5) is 0 Å². The fourth-order valence-electron chi connectivity index (χ4n) is 2.49. The molecule has 0 amide bonds. The van der Waals surface area contributed by atoms with Crippen molar-refractivity contribution in [2.75, 3.05) is 11.5 Å². The summed E-state index contributed by atoms with van der Waals surface area (Å²) in [5.74, 6) is 4.50. The van der Waals surface area contributed by atoms with Crippen LogP contribution < -0.4 is 0 Å². The van der Waals surface area contributed by atoms with Crippen molar-refractivity contribution < 1.29 is 0 Å². The summed E-state index contributed by atoms with van der Waals surface area (Å²) in [4.78, 5) is 0. The summed E-state index contributed by atoms with van der Waals surface area (Å²) in [6.45, 7) is 4.82. The molecule has 2 aliphatic rings. The number of allylic oxidation sites excluding steroid dienone is 1. The van der Waals surface area contributed by atoms with Gasteiger partial charge in [-0.1, -0.05) is 25.0 Å². The van der Waals surface area contributed by atoms with E-state index in [4.69, 9.17) is 0 Å². The topological polar surface area (TPSA) is 0 Å². The molecule has 1 heterocycles. The van der Waals surface area contributed by atoms with E-state index in [2.05, 4.69) is 25.6 Å². The molecule has 0 aromatic rings. The Balaban J connectivity index is 2.27. The summed E-state index contributed by atoms with van der Waals surface area (Å²) in [7, 11) is 0. The number of rotatable bonds is 0. The van der Waals surface area contributed by atoms with E-state index in [1.807, 2.05) is 11.1 Å². The molecule has 0 fully saturated rings. The Kier molecular flexibility index (Phi) is 2.49. The molecule has 1 heteroatoms. The first-order valence-electron chi connectivity index (χ1n) is 5.08. The Hall–Kier alpha value is 0.0900. The van der Waals surface area contributed by atoms with Crippen LogP contribution in [0.5, 0.6) is 0 Å². The molecule has 2 rings (SSSR count). The largest absolute Gasteiger partial charge is 0.157 e. The summed E-state index contributed by atoms with van der Waals surface area (Å²) in [6.07, 6.45) is 4.25. The van der Waals surface area contributed by atoms with Crippen LogP contribution in [0.1, 0.15) is 33.1 Å². The second-order valence-electron chi connectivity index (χ2n) is 4.23. The molecule has 0 spiro atoms. The van der Waals surface area contributed by atoms with E-state index in [0.29, 0.717) is 0 Å². The minimum atomic E-state index is 0.893. The van der Waals surface area contributed by atoms with Crippen LogP contribution in [-0.2, 0) is 0 Å². The standard InChI is InChI=1S/C11H18S/c1-8-3-4-9(2)11-7-12-6-5-10(8)11/h8-9H,3-7H2,1-2H3/t8-,9?/m0/s1. The second kappa shape index (κ2) is 3.45. The lowest BCUT2D eigenvalue weighted by Gasteiger charge is -2.33. The monoisotopic (exact) mass is 182 g/mol. The number of hydrogen-bond donors (Lipinski definition) is 0. The molecule has 1 aliphatic heterocycles. The maximum atomic E-state index is 2.41. The van der Waals surface area contributed by atoms with Crippen molar-refractivity contribution in [1.82, 2.24) is 0 Å². The van der Waals surface area contributed by atoms with Crippen molar-refractivity contribution in [3.05, 3.63) is 11.1 Å². The summed E-state index contributed by atoms with van der Waals surface area (Å²) < 4.78 is 0. The van der Waals surface area contributed by atoms with Crippen molar-refractivity contribution in [2.45, 2.75) is 33.1 Å². The van der Waals surface area contributed by atoms with Crippen LogP contribution in [0.3, 0.4) is 0 Å². The summed E-state index contributed by atoms with van der Waals surface area (Å²) in [5.41, 5.74) is 3.64. The van der Waals surface area contributed by atoms with Crippen molar-refractivity contribution in [2.24, 2.45) is 11.8 Å². The van der Waals surface area contributed by atoms with Crippen molar-refractivity contribution >= 4 is 11.8 Å². The zero-order valence-corrected chi connectivity index (χ0v) is 8.91. The van der Waals surface area contributed by atoms with Crippen LogP contribution in [-0.4, -0.2) is 11.5 Å². The van der Waals surface area contributed by atoms with Gasteiger partial charge in [0.1, 0.15) is 0 Å². The molecule has 0 radical (unpaired) electrons. The number of hydrogen-bond acceptors (Lipinski definition) is 1. The maximum absolute atomic E-state index is 2.41. The highest BCUT2D eigenvalue weighted by molar-refractivity contribution is 7.99. The summed E-state index contributed by atoms with van der Waals surface area (Å²) >= 11 is 2.13. The highest BCUT2D eigenvalue weighted by Crippen LogP contribution is 2.40. The van der Waals surface area contributed by atoms with Gasteiger partial charge in [-0.15, -0.1) is 0 Å². The van der Waals surface area contributed by atoms with Gasteiger partial charge in [0.05, 0.1) is 0 Å². The van der Waals surface area contributed by atoms with E-state index < -0.39 is 0 Å². The van der Waals surface area contributed by atoms with Crippen molar-refractivity contribution in [3.63, 3.8) is 0 Å². The highest BCUT2D eigenvalue weighted by Gasteiger charge is 2.26. The molecule has 2 atom stereocenters. The fourth-order valence-corrected chi connectivity index (χ4v) is 3.69. The normalized spacial score (nSPS) is 36.5. The molecule has 0 aromatic heterocycles. The Morgan fingerprint density at radius 3 is 2.42 bits per heavy atom. The van der Waals surface area contributed by atoms with Gasteiger partial charge < -0.3 is 0 Å². The average molecular weight is 182 g/mol. The van der Waals surface area contributed by atoms with Gasteiger partial charge in [-0.25, -0.2) is 0 Å². The molecular formula is C11H18S. The minimum absolute atomic E-state index is 0.893. The Bertz CT molecular complexity index is 183. The molecule has 0 N–H and O–H groups in total. The van der Waals surface area contributed by atoms with Crippen LogP contribution in [0.15, 0.2) is 11.1 Å². The molecule has 0 saturated heterocycles. The first kappa shape index (κ1) is 8.68. The molecule has 1 unspecified atom stereocenters. The third kappa shape index (κ3) is 1.44. The maximum Gasteiger partial charge on any atom is 0.0148 e. The molecule has 0 nitrogen and oxygen atoms in total. The molecule has 12 heavy (non-hydrogen) atoms. The van der Waals surface area contributed by atoms with E-state index in [1.165, 1.54) is 30.8 Å². The van der Waals surface area contributed by atoms with Crippen molar-refractivity contribution in [1.29, 1.82) is 0 Å². The lowest BCUT2D eigenvalue weighted by molar-refractivity contribution is 0.446. The third-order valence-electron chi connectivity index (χ3n) is 3.41. The van der Waals surface area contributed by atoms with Gasteiger partial charge in [-0.05, 0) is 36.9 Å². The smallest absolute Gasteiger partial charge is 0.0148 e. The van der Waals surface area contributed by atoms with Crippen LogP contribution in [0, 0.1) is 11.8 Å². The van der Waals surface area contributed by atoms with Gasteiger partial charge in [0.15, 0.2) is 0 Å². The van der Waals surface area contributed by atoms with Gasteiger partial charge >= 0.3 is 0 Å². The van der Waals surface area contributed by atoms with Gasteiger partial charge in [0.2, 0.25) is 0 Å². The zero-order valence-electron chi connectivity index (χ0n) is 8.10. The van der Waals surface area contributed by atoms with Gasteiger partial charge in [-0.2, -0.15) is 11.8 Å². The van der Waals surface area contributed by atoms with Crippen LogP contribution >= 0.6 is 11.8 Å². The molecular weight excluding hydrogens is 164 g/mol. The quantitative estimate of drug-likeness (QED) is 0.517. The van der Waals surface area contributed by atoms with E-state index in [9.17, 15) is 0 Å². The predicted molar refractivity (Wildman–Crippen MR) is 56.5 cm³/mol. The van der Waals surface area contributed by atoms with E-state index in [-0.39, 0.29) is 0 Å². The Labute approximate surface area is 79.8 Å². The van der Waals surface area contributed by atoms with Gasteiger partial charge in [0.25, 0.3) is 0 Å². The summed E-state index contributed by atoms with van der Waals surface area (Å²) in [5, 5.41) is 0. The van der Waals surface area contributed by atoms with E-state index in [0.717, 1.165) is 11.8 Å². The van der Waals surface area contributed by atoms with Gasteiger partial charge in [-0.3, -0.25) is 0 Å². The Morgan fingerprint density at radius 1 is 1.08 bits per heavy atom. The van der Waals surface area contributed by atoms with E-state index in [1.54, 1.807) is 0 Å². The van der Waals surface area contributed by atoms with Gasteiger partial charge in [0, 0.05) is 5.75 Å². The van der Waals surface area contributed by atoms with E-state index >= 15 is 0 Å². The SMILES string of the molecule is CC1CC[C@H](C)C2=C1CSCC2. The number of thioether (sulfide) groups is 1. The zero-order chi connectivity index (χ0) is 8.55. The molecule has 0 saturated carbocycles. The van der Waals surface area contributed by atoms with Crippen LogP contribution in [0.25, 0.3) is 0 Å². The van der Waals surface area contributed by atoms with Crippen LogP contribution in [0.2, 0.25) is 0 Å². The Morgan fingerprint density at radius 2 is 1.75 bits per heavy atom. The predicted octanol–water partition coefficient (Wildman–Crippen LogP) is 3.49.